The van der Waals surface area contributed by atoms with Gasteiger partial charge in [0.15, 0.2) is 24.8 Å². The molecule has 0 radical (unpaired) electrons. The Balaban J connectivity index is 1.39. The highest BCUT2D eigenvalue weighted by Gasteiger charge is 2.26. The van der Waals surface area contributed by atoms with Gasteiger partial charge in [-0.3, -0.25) is 0 Å². The third-order valence-corrected chi connectivity index (χ3v) is 9.88. The predicted molar refractivity (Wildman–Crippen MR) is 208 cm³/mol. The zero-order valence-electron chi connectivity index (χ0n) is 30.6. The number of nitrogens with zero attached hydrogens (tertiary/aromatic N) is 3. The highest BCUT2D eigenvalue weighted by molar-refractivity contribution is 5.76. The smallest absolute Gasteiger partial charge is 0.205 e. The van der Waals surface area contributed by atoms with Crippen molar-refractivity contribution in [2.45, 2.75) is 92.2 Å². The summed E-state index contributed by atoms with van der Waals surface area (Å²) in [4.78, 5) is 0. The number of unbranched alkanes of at least 4 members (excludes halogenated alkanes) is 6. The fourth-order valence-corrected chi connectivity index (χ4v) is 6.76. The topological polar surface area (TPSA) is 11.6 Å². The van der Waals surface area contributed by atoms with E-state index in [2.05, 4.69) is 175 Å². The summed E-state index contributed by atoms with van der Waals surface area (Å²) in [6.07, 6.45) is 19.1. The van der Waals surface area contributed by atoms with E-state index in [9.17, 15) is 0 Å². The van der Waals surface area contributed by atoms with E-state index in [-0.39, 0.29) is 0 Å². The number of rotatable bonds is 15. The van der Waals surface area contributed by atoms with Gasteiger partial charge in [0.2, 0.25) is 17.1 Å². The lowest BCUT2D eigenvalue weighted by molar-refractivity contribution is -0.698. The summed E-state index contributed by atoms with van der Waals surface area (Å²) in [6.45, 7) is 11.0. The Morgan fingerprint density at radius 3 is 1.20 bits per heavy atom. The van der Waals surface area contributed by atoms with Crippen LogP contribution >= 0.6 is 0 Å². The maximum absolute atomic E-state index is 2.44. The number of aryl methyl sites for hydroxylation is 4. The van der Waals surface area contributed by atoms with Gasteiger partial charge in [-0.05, 0) is 73.2 Å². The van der Waals surface area contributed by atoms with Crippen molar-refractivity contribution in [3.05, 3.63) is 145 Å². The fraction of sp³-hybridized carbons (Fsp3) is 0.298. The van der Waals surface area contributed by atoms with E-state index >= 15 is 0 Å². The molecule has 0 saturated carbocycles. The summed E-state index contributed by atoms with van der Waals surface area (Å²) in [5.41, 5.74) is 13.3. The molecule has 0 aliphatic rings. The first-order chi connectivity index (χ1) is 24.5. The molecule has 0 aliphatic heterocycles. The van der Waals surface area contributed by atoms with Gasteiger partial charge in [0.05, 0.1) is 12.1 Å². The average Bonchev–Trinajstić information content (AvgIpc) is 3.16. The van der Waals surface area contributed by atoms with E-state index in [0.29, 0.717) is 0 Å². The number of hydrogen-bond acceptors (Lipinski definition) is 0. The summed E-state index contributed by atoms with van der Waals surface area (Å²) < 4.78 is 7.08. The van der Waals surface area contributed by atoms with Crippen LogP contribution in [0.25, 0.3) is 50.5 Å². The minimum absolute atomic E-state index is 1.05. The quantitative estimate of drug-likeness (QED) is 0.0767. The second kappa shape index (κ2) is 17.2. The molecule has 0 fully saturated rings. The van der Waals surface area contributed by atoms with Crippen molar-refractivity contribution < 1.29 is 13.7 Å². The number of aromatic nitrogens is 3. The fourth-order valence-electron chi connectivity index (χ4n) is 6.76. The highest BCUT2D eigenvalue weighted by atomic mass is 15.0. The number of hydrogen-bond donors (Lipinski definition) is 0. The minimum atomic E-state index is 1.05. The van der Waals surface area contributed by atoms with Crippen LogP contribution in [-0.2, 0) is 13.1 Å². The van der Waals surface area contributed by atoms with Crippen molar-refractivity contribution in [1.82, 2.24) is 0 Å². The second-order valence-electron chi connectivity index (χ2n) is 13.9. The van der Waals surface area contributed by atoms with Gasteiger partial charge in [0.1, 0.15) is 13.1 Å². The van der Waals surface area contributed by atoms with E-state index < -0.39 is 0 Å². The third kappa shape index (κ3) is 8.82. The zero-order chi connectivity index (χ0) is 34.7. The molecule has 0 saturated heterocycles. The standard InChI is InChI=1S/C47H54N3/c1-5-7-9-11-29-48-31-25-41(26-32-48)39-21-23-40(24-22-39)44-35-46(42-17-13-37(3)14-18-42)50(47(36-44)43-19-15-38(4)16-20-43)45-27-33-49(34-28-45)30-12-10-8-6-2/h13-28,31-36H,5-12,29-30H2,1-4H3/q+3. The van der Waals surface area contributed by atoms with Crippen LogP contribution in [-0.4, -0.2) is 0 Å². The molecule has 0 spiro atoms. The van der Waals surface area contributed by atoms with Crippen LogP contribution in [0.15, 0.2) is 134 Å². The normalized spacial score (nSPS) is 11.2. The molecule has 0 N–H and O–H groups in total. The van der Waals surface area contributed by atoms with E-state index in [4.69, 9.17) is 0 Å². The van der Waals surface area contributed by atoms with E-state index in [1.54, 1.807) is 0 Å². The van der Waals surface area contributed by atoms with Gasteiger partial charge in [-0.1, -0.05) is 99.2 Å². The van der Waals surface area contributed by atoms with E-state index in [1.165, 1.54) is 107 Å². The van der Waals surface area contributed by atoms with Gasteiger partial charge >= 0.3 is 0 Å². The summed E-state index contributed by atoms with van der Waals surface area (Å²) in [7, 11) is 0. The molecular weight excluding hydrogens is 607 g/mol. The van der Waals surface area contributed by atoms with Gasteiger partial charge in [0.25, 0.3) is 0 Å². The van der Waals surface area contributed by atoms with Crippen LogP contribution in [0.2, 0.25) is 0 Å². The largest absolute Gasteiger partial charge is 0.223 e. The molecule has 3 aromatic carbocycles. The van der Waals surface area contributed by atoms with Crippen LogP contribution in [0.5, 0.6) is 0 Å². The first-order valence-corrected chi connectivity index (χ1v) is 18.9. The van der Waals surface area contributed by atoms with Crippen molar-refractivity contribution >= 4 is 0 Å². The van der Waals surface area contributed by atoms with Gasteiger partial charge < -0.3 is 0 Å². The SMILES string of the molecule is CCCCCC[n+]1ccc(-c2ccc(-c3cc(-c4ccc(C)cc4)[n+](-c4cc[n+](CCCCCC)cc4)c(-c4ccc(C)cc4)c3)cc2)cc1. The lowest BCUT2D eigenvalue weighted by Crippen LogP contribution is -2.39. The Hall–Kier alpha value is -4.89. The minimum Gasteiger partial charge on any atom is -0.205 e. The van der Waals surface area contributed by atoms with Gasteiger partial charge in [0, 0.05) is 48.2 Å². The Bertz CT molecular complexity index is 1870. The Labute approximate surface area is 300 Å². The molecular formula is C47H54N3+3. The van der Waals surface area contributed by atoms with Crippen molar-refractivity contribution in [3.63, 3.8) is 0 Å². The van der Waals surface area contributed by atoms with Crippen LogP contribution in [0.3, 0.4) is 0 Å². The molecule has 3 heterocycles. The first-order valence-electron chi connectivity index (χ1n) is 18.9. The molecule has 0 bridgehead atoms. The summed E-state index contributed by atoms with van der Waals surface area (Å²) in [5, 5.41) is 0. The van der Waals surface area contributed by atoms with Gasteiger partial charge in [-0.15, -0.1) is 0 Å². The molecule has 3 heteroatoms. The molecule has 6 aromatic rings. The van der Waals surface area contributed by atoms with Crippen LogP contribution < -0.4 is 13.7 Å². The zero-order valence-corrected chi connectivity index (χ0v) is 30.6. The maximum Gasteiger partial charge on any atom is 0.223 e. The number of benzene rings is 3. The molecule has 0 aliphatic carbocycles. The lowest BCUT2D eigenvalue weighted by Gasteiger charge is -2.13. The second-order valence-corrected chi connectivity index (χ2v) is 13.9. The molecule has 0 unspecified atom stereocenters. The van der Waals surface area contributed by atoms with Crippen molar-refractivity contribution in [1.29, 1.82) is 0 Å². The van der Waals surface area contributed by atoms with Crippen molar-refractivity contribution in [2.24, 2.45) is 0 Å². The molecule has 3 nitrogen and oxygen atoms in total. The van der Waals surface area contributed by atoms with Crippen LogP contribution in [0.1, 0.15) is 76.3 Å². The molecule has 3 aromatic heterocycles. The van der Waals surface area contributed by atoms with Gasteiger partial charge in [-0.2, -0.15) is 4.57 Å². The van der Waals surface area contributed by atoms with E-state index in [1.807, 2.05) is 0 Å². The predicted octanol–water partition coefficient (Wildman–Crippen LogP) is 11.0. The summed E-state index contributed by atoms with van der Waals surface area (Å²) >= 11 is 0. The lowest BCUT2D eigenvalue weighted by atomic mass is 9.96. The van der Waals surface area contributed by atoms with E-state index in [0.717, 1.165) is 18.8 Å². The summed E-state index contributed by atoms with van der Waals surface area (Å²) in [5.74, 6) is 0. The van der Waals surface area contributed by atoms with Crippen LogP contribution in [0.4, 0.5) is 0 Å². The maximum atomic E-state index is 2.44. The Morgan fingerprint density at radius 1 is 0.380 bits per heavy atom. The summed E-state index contributed by atoms with van der Waals surface area (Å²) in [6, 6.07) is 40.8. The third-order valence-electron chi connectivity index (χ3n) is 9.88. The molecule has 0 atom stereocenters. The van der Waals surface area contributed by atoms with Crippen molar-refractivity contribution in [3.8, 4) is 50.5 Å². The number of pyridine rings is 3. The Morgan fingerprint density at radius 2 is 0.760 bits per heavy atom. The monoisotopic (exact) mass is 660 g/mol. The molecule has 50 heavy (non-hydrogen) atoms. The molecule has 0 amide bonds. The van der Waals surface area contributed by atoms with Gasteiger partial charge in [-0.25, -0.2) is 9.13 Å². The van der Waals surface area contributed by atoms with Crippen LogP contribution in [0, 0.1) is 13.8 Å². The average molecular weight is 661 g/mol. The molecule has 6 rings (SSSR count). The molecule has 254 valence electrons. The van der Waals surface area contributed by atoms with Crippen molar-refractivity contribution in [2.75, 3.05) is 0 Å². The first kappa shape index (κ1) is 35.0. The highest BCUT2D eigenvalue weighted by Crippen LogP contribution is 2.32. The Kier molecular flexibility index (Phi) is 12.0.